The van der Waals surface area contributed by atoms with Crippen LogP contribution < -0.4 is 10.5 Å². The van der Waals surface area contributed by atoms with Gasteiger partial charge in [0.25, 0.3) is 0 Å². The molecule has 0 saturated carbocycles. The van der Waals surface area contributed by atoms with Crippen LogP contribution in [0.4, 0.5) is 0 Å². The second-order valence-electron chi connectivity index (χ2n) is 4.19. The number of halogens is 1. The van der Waals surface area contributed by atoms with Crippen LogP contribution in [0, 0.1) is 0 Å². The molecule has 5 heteroatoms. The molecule has 0 fully saturated rings. The lowest BCUT2D eigenvalue weighted by atomic mass is 10.1. The van der Waals surface area contributed by atoms with E-state index in [9.17, 15) is 0 Å². The van der Waals surface area contributed by atoms with Crippen molar-refractivity contribution in [2.24, 2.45) is 5.73 Å². The van der Waals surface area contributed by atoms with Crippen molar-refractivity contribution in [3.8, 4) is 5.75 Å². The number of nitrogens with two attached hydrogens (primary N) is 1. The van der Waals surface area contributed by atoms with E-state index in [2.05, 4.69) is 4.98 Å². The van der Waals surface area contributed by atoms with Gasteiger partial charge < -0.3 is 10.5 Å². The fourth-order valence-electron chi connectivity index (χ4n) is 1.66. The van der Waals surface area contributed by atoms with Crippen molar-refractivity contribution in [3.05, 3.63) is 45.4 Å². The van der Waals surface area contributed by atoms with Crippen LogP contribution in [0.25, 0.3) is 0 Å². The molecular formula is C13H15ClN2OS. The predicted octanol–water partition coefficient (Wildman–Crippen LogP) is 3.27. The van der Waals surface area contributed by atoms with Gasteiger partial charge in [0.05, 0.1) is 10.4 Å². The first-order chi connectivity index (χ1) is 8.65. The third-order valence-electron chi connectivity index (χ3n) is 2.42. The molecule has 1 aromatic heterocycles. The van der Waals surface area contributed by atoms with Crippen LogP contribution in [0.2, 0.25) is 5.02 Å². The van der Waals surface area contributed by atoms with Gasteiger partial charge in [-0.1, -0.05) is 11.6 Å². The summed E-state index contributed by atoms with van der Waals surface area (Å²) in [7, 11) is 0. The highest BCUT2D eigenvalue weighted by molar-refractivity contribution is 7.09. The molecule has 0 spiro atoms. The van der Waals surface area contributed by atoms with E-state index >= 15 is 0 Å². The Hall–Kier alpha value is -1.10. The quantitative estimate of drug-likeness (QED) is 0.916. The Kier molecular flexibility index (Phi) is 4.58. The van der Waals surface area contributed by atoms with Crippen LogP contribution in [0.15, 0.2) is 29.9 Å². The van der Waals surface area contributed by atoms with E-state index in [1.807, 2.05) is 31.3 Å². The van der Waals surface area contributed by atoms with Crippen LogP contribution >= 0.6 is 22.9 Å². The molecule has 0 radical (unpaired) electrons. The lowest BCUT2D eigenvalue weighted by molar-refractivity contribution is 0.305. The van der Waals surface area contributed by atoms with Crippen LogP contribution in [0.1, 0.15) is 17.4 Å². The van der Waals surface area contributed by atoms with Gasteiger partial charge in [-0.3, -0.25) is 4.98 Å². The van der Waals surface area contributed by atoms with Crippen LogP contribution in [-0.2, 0) is 13.0 Å². The normalized spacial score (nSPS) is 12.4. The summed E-state index contributed by atoms with van der Waals surface area (Å²) in [6, 6.07) is 5.71. The molecule has 1 aromatic carbocycles. The Balaban J connectivity index is 2.10. The summed E-state index contributed by atoms with van der Waals surface area (Å²) in [6.45, 7) is 2.49. The predicted molar refractivity (Wildman–Crippen MR) is 75.3 cm³/mol. The summed E-state index contributed by atoms with van der Waals surface area (Å²) in [5.74, 6) is 0.838. The molecule has 0 aliphatic rings. The number of hydrogen-bond donors (Lipinski definition) is 1. The monoisotopic (exact) mass is 282 g/mol. The molecule has 0 aliphatic heterocycles. The Morgan fingerprint density at radius 3 is 3.00 bits per heavy atom. The van der Waals surface area contributed by atoms with Gasteiger partial charge in [-0.05, 0) is 37.1 Å². The second-order valence-corrected chi connectivity index (χ2v) is 5.60. The van der Waals surface area contributed by atoms with Crippen molar-refractivity contribution in [1.82, 2.24) is 4.98 Å². The number of aromatic nitrogens is 1. The van der Waals surface area contributed by atoms with Crippen molar-refractivity contribution in [1.29, 1.82) is 0 Å². The molecule has 96 valence electrons. The van der Waals surface area contributed by atoms with Gasteiger partial charge in [0, 0.05) is 17.3 Å². The van der Waals surface area contributed by atoms with Gasteiger partial charge in [-0.15, -0.1) is 11.3 Å². The first kappa shape index (κ1) is 13.3. The summed E-state index contributed by atoms with van der Waals surface area (Å²) >= 11 is 7.57. The molecule has 0 aliphatic carbocycles. The second kappa shape index (κ2) is 6.18. The highest BCUT2D eigenvalue weighted by Gasteiger charge is 2.08. The van der Waals surface area contributed by atoms with Crippen molar-refractivity contribution in [3.63, 3.8) is 0 Å². The largest absolute Gasteiger partial charge is 0.488 e. The summed E-state index contributed by atoms with van der Waals surface area (Å²) in [4.78, 5) is 5.11. The zero-order valence-corrected chi connectivity index (χ0v) is 11.7. The minimum absolute atomic E-state index is 0.0780. The minimum atomic E-state index is 0.0780. The third kappa shape index (κ3) is 3.70. The first-order valence-electron chi connectivity index (χ1n) is 5.69. The molecule has 2 rings (SSSR count). The minimum Gasteiger partial charge on any atom is -0.488 e. The third-order valence-corrected chi connectivity index (χ3v) is 3.41. The number of thiazole rings is 1. The lowest BCUT2D eigenvalue weighted by Gasteiger charge is -2.13. The SMILES string of the molecule is CC(N)Cc1cc(Cl)ccc1OCc1cncs1. The smallest absolute Gasteiger partial charge is 0.124 e. The highest BCUT2D eigenvalue weighted by Crippen LogP contribution is 2.25. The van der Waals surface area contributed by atoms with Crippen molar-refractivity contribution in [2.45, 2.75) is 26.0 Å². The maximum Gasteiger partial charge on any atom is 0.124 e. The molecule has 1 heterocycles. The first-order valence-corrected chi connectivity index (χ1v) is 6.95. The topological polar surface area (TPSA) is 48.1 Å². The lowest BCUT2D eigenvalue weighted by Crippen LogP contribution is -2.18. The molecule has 0 bridgehead atoms. The summed E-state index contributed by atoms with van der Waals surface area (Å²) in [5.41, 5.74) is 8.67. The van der Waals surface area contributed by atoms with Gasteiger partial charge in [-0.25, -0.2) is 0 Å². The van der Waals surface area contributed by atoms with E-state index in [1.165, 1.54) is 0 Å². The van der Waals surface area contributed by atoms with Crippen LogP contribution in [-0.4, -0.2) is 11.0 Å². The molecule has 3 nitrogen and oxygen atoms in total. The fourth-order valence-corrected chi connectivity index (χ4v) is 2.36. The van der Waals surface area contributed by atoms with E-state index < -0.39 is 0 Å². The number of ether oxygens (including phenoxy) is 1. The van der Waals surface area contributed by atoms with Gasteiger partial charge in [0.15, 0.2) is 0 Å². The number of benzene rings is 1. The zero-order chi connectivity index (χ0) is 13.0. The number of hydrogen-bond acceptors (Lipinski definition) is 4. The molecule has 2 N–H and O–H groups in total. The molecule has 0 saturated heterocycles. The van der Waals surface area contributed by atoms with Crippen molar-refractivity contribution in [2.75, 3.05) is 0 Å². The van der Waals surface area contributed by atoms with E-state index in [0.29, 0.717) is 11.6 Å². The Labute approximate surface area is 116 Å². The molecular weight excluding hydrogens is 268 g/mol. The van der Waals surface area contributed by atoms with Crippen LogP contribution in [0.3, 0.4) is 0 Å². The number of rotatable bonds is 5. The van der Waals surface area contributed by atoms with Crippen molar-refractivity contribution >= 4 is 22.9 Å². The maximum absolute atomic E-state index is 6.00. The Morgan fingerprint density at radius 1 is 1.50 bits per heavy atom. The van der Waals surface area contributed by atoms with E-state index in [-0.39, 0.29) is 6.04 Å². The highest BCUT2D eigenvalue weighted by atomic mass is 35.5. The van der Waals surface area contributed by atoms with E-state index in [1.54, 1.807) is 16.8 Å². The number of nitrogens with zero attached hydrogens (tertiary/aromatic N) is 1. The fraction of sp³-hybridized carbons (Fsp3) is 0.308. The average molecular weight is 283 g/mol. The summed E-state index contributed by atoms with van der Waals surface area (Å²) < 4.78 is 5.79. The molecule has 2 aromatic rings. The molecule has 1 atom stereocenters. The zero-order valence-electron chi connectivity index (χ0n) is 10.1. The van der Waals surface area contributed by atoms with E-state index in [4.69, 9.17) is 22.1 Å². The standard InChI is InChI=1S/C13H15ClN2OS/c1-9(15)4-10-5-11(14)2-3-13(10)17-7-12-6-16-8-18-12/h2-3,5-6,8-9H,4,7,15H2,1H3. The van der Waals surface area contributed by atoms with Gasteiger partial charge >= 0.3 is 0 Å². The van der Waals surface area contributed by atoms with E-state index in [0.717, 1.165) is 22.6 Å². The van der Waals surface area contributed by atoms with Gasteiger partial charge in [0.2, 0.25) is 0 Å². The average Bonchev–Trinajstić information content (AvgIpc) is 2.80. The summed E-state index contributed by atoms with van der Waals surface area (Å²) in [5, 5.41) is 0.704. The summed E-state index contributed by atoms with van der Waals surface area (Å²) in [6.07, 6.45) is 2.56. The van der Waals surface area contributed by atoms with Crippen LogP contribution in [0.5, 0.6) is 5.75 Å². The Morgan fingerprint density at radius 2 is 2.33 bits per heavy atom. The maximum atomic E-state index is 6.00. The molecule has 0 amide bonds. The van der Waals surface area contributed by atoms with Gasteiger partial charge in [-0.2, -0.15) is 0 Å². The molecule has 1 unspecified atom stereocenters. The Bertz CT molecular complexity index is 500. The molecule has 18 heavy (non-hydrogen) atoms. The van der Waals surface area contributed by atoms with Crippen molar-refractivity contribution < 1.29 is 4.74 Å². The van der Waals surface area contributed by atoms with Gasteiger partial charge in [0.1, 0.15) is 12.4 Å².